The van der Waals surface area contributed by atoms with Gasteiger partial charge < -0.3 is 20.0 Å². The third kappa shape index (κ3) is 3.41. The van der Waals surface area contributed by atoms with E-state index < -0.39 is 55.3 Å². The second kappa shape index (κ2) is 5.94. The number of halogens is 6. The van der Waals surface area contributed by atoms with Crippen LogP contribution in [0.2, 0.25) is 0 Å². The monoisotopic (exact) mass is 364 g/mol. The quantitative estimate of drug-likeness (QED) is 0.646. The Morgan fingerprint density at radius 2 is 0.958 bits per heavy atom. The van der Waals surface area contributed by atoms with Crippen LogP contribution >= 0.6 is 0 Å². The highest BCUT2D eigenvalue weighted by atomic mass is 19.4. The van der Waals surface area contributed by atoms with Gasteiger partial charge in [0.15, 0.2) is 11.2 Å². The van der Waals surface area contributed by atoms with Crippen LogP contribution in [0.5, 0.6) is 0 Å². The Bertz CT molecular complexity index is 435. The van der Waals surface area contributed by atoms with E-state index in [1.165, 1.54) is 0 Å². The van der Waals surface area contributed by atoms with Gasteiger partial charge >= 0.3 is 18.4 Å². The average molecular weight is 364 g/mol. The topological polar surface area (TPSA) is 64.0 Å². The van der Waals surface area contributed by atoms with E-state index in [0.29, 0.717) is 0 Å². The number of carbonyl (C=O) groups excluding carboxylic acids is 1. The van der Waals surface area contributed by atoms with Crippen molar-refractivity contribution in [3.8, 4) is 0 Å². The summed E-state index contributed by atoms with van der Waals surface area (Å²) in [5.41, 5.74) is -5.69. The van der Waals surface area contributed by atoms with Gasteiger partial charge in [0.2, 0.25) is 0 Å². The largest absolute Gasteiger partial charge is 0.417 e. The summed E-state index contributed by atoms with van der Waals surface area (Å²) in [6, 6.07) is -0.677. The van der Waals surface area contributed by atoms with Crippen LogP contribution in [-0.2, 0) is 0 Å². The molecule has 0 bridgehead atoms. The molecule has 0 spiro atoms. The third-order valence-corrected chi connectivity index (χ3v) is 4.78. The van der Waals surface area contributed by atoms with Crippen LogP contribution in [0, 0.1) is 0 Å². The molecule has 0 aliphatic carbocycles. The summed E-state index contributed by atoms with van der Waals surface area (Å²) in [5.74, 6) is 0. The molecule has 2 heterocycles. The molecule has 2 N–H and O–H groups in total. The lowest BCUT2D eigenvalue weighted by Gasteiger charge is -2.43. The summed E-state index contributed by atoms with van der Waals surface area (Å²) >= 11 is 0. The van der Waals surface area contributed by atoms with Crippen LogP contribution in [0.3, 0.4) is 0 Å². The molecule has 0 radical (unpaired) electrons. The van der Waals surface area contributed by atoms with Gasteiger partial charge in [-0.1, -0.05) is 0 Å². The van der Waals surface area contributed by atoms with Crippen molar-refractivity contribution >= 4 is 6.03 Å². The number of hydrogen-bond donors (Lipinski definition) is 2. The van der Waals surface area contributed by atoms with Gasteiger partial charge in [-0.3, -0.25) is 0 Å². The number of aliphatic hydroxyl groups is 2. The molecule has 24 heavy (non-hydrogen) atoms. The van der Waals surface area contributed by atoms with E-state index in [2.05, 4.69) is 0 Å². The summed E-state index contributed by atoms with van der Waals surface area (Å²) in [7, 11) is 0. The Balaban J connectivity index is 1.91. The molecular weight excluding hydrogens is 346 g/mol. The lowest BCUT2D eigenvalue weighted by atomic mass is 9.90. The van der Waals surface area contributed by atoms with E-state index in [1.54, 1.807) is 0 Å². The number of likely N-dealkylation sites (tertiary alicyclic amines) is 2. The molecule has 140 valence electrons. The minimum atomic E-state index is -4.80. The molecule has 2 rings (SSSR count). The summed E-state index contributed by atoms with van der Waals surface area (Å²) in [6.45, 7) is -1.35. The predicted molar refractivity (Wildman–Crippen MR) is 69.0 cm³/mol. The maximum Gasteiger partial charge on any atom is 0.417 e. The number of nitrogens with zero attached hydrogens (tertiary/aromatic N) is 2. The van der Waals surface area contributed by atoms with E-state index in [0.717, 1.165) is 9.80 Å². The second-order valence-electron chi connectivity index (χ2n) is 6.32. The molecule has 0 aromatic carbocycles. The zero-order chi connectivity index (χ0) is 18.4. The van der Waals surface area contributed by atoms with Gasteiger partial charge in [0.05, 0.1) is 0 Å². The summed E-state index contributed by atoms with van der Waals surface area (Å²) in [5, 5.41) is 19.1. The van der Waals surface area contributed by atoms with Gasteiger partial charge in [0.1, 0.15) is 0 Å². The van der Waals surface area contributed by atoms with Crippen molar-refractivity contribution < 1.29 is 41.4 Å². The Morgan fingerprint density at radius 3 is 1.17 bits per heavy atom. The highest BCUT2D eigenvalue weighted by Gasteiger charge is 2.56. The van der Waals surface area contributed by atoms with Crippen LogP contribution in [0.4, 0.5) is 31.1 Å². The van der Waals surface area contributed by atoms with Crippen LogP contribution in [0.1, 0.15) is 25.7 Å². The minimum Gasteiger partial charge on any atom is -0.380 e. The number of hydrogen-bond acceptors (Lipinski definition) is 3. The Hall–Kier alpha value is -1.23. The Kier molecular flexibility index (Phi) is 4.73. The average Bonchev–Trinajstić information content (AvgIpc) is 2.46. The first-order valence-electron chi connectivity index (χ1n) is 7.41. The predicted octanol–water partition coefficient (Wildman–Crippen LogP) is 1.88. The van der Waals surface area contributed by atoms with Crippen LogP contribution in [0.25, 0.3) is 0 Å². The second-order valence-corrected chi connectivity index (χ2v) is 6.32. The SMILES string of the molecule is O=C(N1CCC(O)(C(F)(F)F)CC1)N1CCC(O)(C(F)(F)F)CC1. The van der Waals surface area contributed by atoms with Crippen LogP contribution in [0.15, 0.2) is 0 Å². The molecular formula is C13H18F6N2O3. The van der Waals surface area contributed by atoms with Gasteiger partial charge in [-0.25, -0.2) is 4.79 Å². The summed E-state index contributed by atoms with van der Waals surface area (Å²) in [6.07, 6.45) is -12.3. The third-order valence-electron chi connectivity index (χ3n) is 4.78. The number of rotatable bonds is 0. The van der Waals surface area contributed by atoms with Crippen LogP contribution < -0.4 is 0 Å². The zero-order valence-corrected chi connectivity index (χ0v) is 12.6. The maximum atomic E-state index is 12.7. The molecule has 2 aliphatic rings. The smallest absolute Gasteiger partial charge is 0.380 e. The summed E-state index contributed by atoms with van der Waals surface area (Å²) in [4.78, 5) is 14.4. The number of amides is 2. The first-order chi connectivity index (χ1) is 10.8. The van der Waals surface area contributed by atoms with Crippen molar-refractivity contribution in [3.05, 3.63) is 0 Å². The van der Waals surface area contributed by atoms with Crippen LogP contribution in [-0.4, -0.2) is 75.8 Å². The highest BCUT2D eigenvalue weighted by molar-refractivity contribution is 5.74. The normalized spacial score (nSPS) is 24.8. The highest BCUT2D eigenvalue weighted by Crippen LogP contribution is 2.40. The van der Waals surface area contributed by atoms with Crippen molar-refractivity contribution in [3.63, 3.8) is 0 Å². The van der Waals surface area contributed by atoms with Crippen molar-refractivity contribution in [1.29, 1.82) is 0 Å². The Labute approximate surface area is 133 Å². The molecule has 5 nitrogen and oxygen atoms in total. The van der Waals surface area contributed by atoms with Gasteiger partial charge in [0, 0.05) is 51.9 Å². The molecule has 2 saturated heterocycles. The van der Waals surface area contributed by atoms with Crippen molar-refractivity contribution in [1.82, 2.24) is 9.80 Å². The maximum absolute atomic E-state index is 12.7. The van der Waals surface area contributed by atoms with E-state index in [4.69, 9.17) is 0 Å². The first kappa shape index (κ1) is 19.1. The zero-order valence-electron chi connectivity index (χ0n) is 12.6. The van der Waals surface area contributed by atoms with Gasteiger partial charge in [-0.2, -0.15) is 26.3 Å². The van der Waals surface area contributed by atoms with Gasteiger partial charge in [-0.15, -0.1) is 0 Å². The van der Waals surface area contributed by atoms with E-state index in [1.807, 2.05) is 0 Å². The molecule has 2 amide bonds. The van der Waals surface area contributed by atoms with E-state index >= 15 is 0 Å². The molecule has 2 aliphatic heterocycles. The van der Waals surface area contributed by atoms with Crippen molar-refractivity contribution in [2.75, 3.05) is 26.2 Å². The molecule has 0 saturated carbocycles. The number of piperidine rings is 2. The number of urea groups is 1. The molecule has 11 heteroatoms. The van der Waals surface area contributed by atoms with E-state index in [9.17, 15) is 41.4 Å². The van der Waals surface area contributed by atoms with Crippen molar-refractivity contribution in [2.24, 2.45) is 0 Å². The minimum absolute atomic E-state index is 0.338. The molecule has 0 atom stereocenters. The molecule has 0 aromatic heterocycles. The number of alkyl halides is 6. The fourth-order valence-electron chi connectivity index (χ4n) is 2.90. The first-order valence-corrected chi connectivity index (χ1v) is 7.41. The van der Waals surface area contributed by atoms with E-state index in [-0.39, 0.29) is 26.2 Å². The molecule has 0 unspecified atom stereocenters. The molecule has 2 fully saturated rings. The van der Waals surface area contributed by atoms with Crippen molar-refractivity contribution in [2.45, 2.75) is 49.2 Å². The molecule has 0 aromatic rings. The van der Waals surface area contributed by atoms with Gasteiger partial charge in [0.25, 0.3) is 0 Å². The Morgan fingerprint density at radius 1 is 0.708 bits per heavy atom. The lowest BCUT2D eigenvalue weighted by Crippen LogP contribution is -2.59. The fraction of sp³-hybridized carbons (Fsp3) is 0.923. The standard InChI is InChI=1S/C13H18F6N2O3/c14-12(15,16)10(23)1-5-20(6-2-10)9(22)21-7-3-11(24,4-8-21)13(17,18)19/h23-24H,1-8H2. The van der Waals surface area contributed by atoms with Gasteiger partial charge in [-0.05, 0) is 0 Å². The number of carbonyl (C=O) groups is 1. The summed E-state index contributed by atoms with van der Waals surface area (Å²) < 4.78 is 76.2. The lowest BCUT2D eigenvalue weighted by molar-refractivity contribution is -0.273. The fourth-order valence-corrected chi connectivity index (χ4v) is 2.90.